The average molecular weight is 225 g/mol. The van der Waals surface area contributed by atoms with E-state index in [1.165, 1.54) is 5.56 Å². The van der Waals surface area contributed by atoms with Gasteiger partial charge in [0.25, 0.3) is 0 Å². The quantitative estimate of drug-likeness (QED) is 0.786. The van der Waals surface area contributed by atoms with Crippen LogP contribution >= 0.6 is 11.6 Å². The van der Waals surface area contributed by atoms with Gasteiger partial charge in [-0.25, -0.2) is 0 Å². The van der Waals surface area contributed by atoms with E-state index in [9.17, 15) is 4.79 Å². The predicted octanol–water partition coefficient (Wildman–Crippen LogP) is 0.970. The van der Waals surface area contributed by atoms with Gasteiger partial charge < -0.3 is 10.6 Å². The van der Waals surface area contributed by atoms with Crippen molar-refractivity contribution in [3.63, 3.8) is 0 Å². The third-order valence-corrected chi connectivity index (χ3v) is 2.74. The Morgan fingerprint density at radius 2 is 2.07 bits per heavy atom. The van der Waals surface area contributed by atoms with Crippen molar-refractivity contribution in [2.24, 2.45) is 0 Å². The lowest BCUT2D eigenvalue weighted by atomic mass is 10.0. The van der Waals surface area contributed by atoms with Gasteiger partial charge in [0.05, 0.1) is 6.54 Å². The zero-order valence-corrected chi connectivity index (χ0v) is 9.05. The lowest BCUT2D eigenvalue weighted by Crippen LogP contribution is -2.52. The zero-order valence-electron chi connectivity index (χ0n) is 8.29. The van der Waals surface area contributed by atoms with E-state index in [0.29, 0.717) is 19.1 Å². The van der Waals surface area contributed by atoms with Gasteiger partial charge in [0, 0.05) is 17.6 Å². The van der Waals surface area contributed by atoms with E-state index in [2.05, 4.69) is 10.6 Å². The molecule has 4 heteroatoms. The van der Waals surface area contributed by atoms with E-state index in [1.807, 2.05) is 24.3 Å². The highest BCUT2D eigenvalue weighted by Crippen LogP contribution is 2.11. The van der Waals surface area contributed by atoms with Gasteiger partial charge in [-0.05, 0) is 24.1 Å². The fourth-order valence-electron chi connectivity index (χ4n) is 1.66. The fraction of sp³-hybridized carbons (Fsp3) is 0.364. The van der Waals surface area contributed by atoms with Crippen LogP contribution < -0.4 is 10.6 Å². The Bertz CT molecular complexity index is 340. The molecule has 2 rings (SSSR count). The first-order valence-corrected chi connectivity index (χ1v) is 5.36. The van der Waals surface area contributed by atoms with E-state index in [4.69, 9.17) is 11.6 Å². The standard InChI is InChI=1S/C11H13ClN2O/c12-9-3-1-8(2-4-9)5-10-6-14-11(15)7-13-10/h1-4,10,13H,5-7H2,(H,14,15)/t10-/m0/s1. The molecule has 80 valence electrons. The van der Waals surface area contributed by atoms with Gasteiger partial charge in [-0.1, -0.05) is 23.7 Å². The van der Waals surface area contributed by atoms with Gasteiger partial charge in [-0.3, -0.25) is 4.79 Å². The van der Waals surface area contributed by atoms with E-state index in [1.54, 1.807) is 0 Å². The predicted molar refractivity (Wildman–Crippen MR) is 60.0 cm³/mol. The van der Waals surface area contributed by atoms with Gasteiger partial charge in [0.1, 0.15) is 0 Å². The number of carbonyl (C=O) groups is 1. The van der Waals surface area contributed by atoms with Gasteiger partial charge in [0.15, 0.2) is 0 Å². The Balaban J connectivity index is 1.91. The smallest absolute Gasteiger partial charge is 0.234 e. The number of rotatable bonds is 2. The van der Waals surface area contributed by atoms with Crippen molar-refractivity contribution in [1.29, 1.82) is 0 Å². The molecule has 1 aliphatic heterocycles. The van der Waals surface area contributed by atoms with Gasteiger partial charge in [-0.15, -0.1) is 0 Å². The number of hydrogen-bond acceptors (Lipinski definition) is 2. The van der Waals surface area contributed by atoms with Crippen LogP contribution in [0.4, 0.5) is 0 Å². The minimum absolute atomic E-state index is 0.0716. The van der Waals surface area contributed by atoms with Crippen molar-refractivity contribution >= 4 is 17.5 Å². The van der Waals surface area contributed by atoms with Crippen LogP contribution in [0.15, 0.2) is 24.3 Å². The molecule has 0 spiro atoms. The average Bonchev–Trinajstić information content (AvgIpc) is 2.25. The Labute approximate surface area is 93.8 Å². The second-order valence-electron chi connectivity index (χ2n) is 3.71. The highest BCUT2D eigenvalue weighted by Gasteiger charge is 2.16. The second-order valence-corrected chi connectivity index (χ2v) is 4.15. The number of nitrogens with one attached hydrogen (secondary N) is 2. The maximum absolute atomic E-state index is 10.9. The molecule has 0 unspecified atom stereocenters. The molecule has 1 amide bonds. The molecule has 15 heavy (non-hydrogen) atoms. The molecular formula is C11H13ClN2O. The summed E-state index contributed by atoms with van der Waals surface area (Å²) < 4.78 is 0. The van der Waals surface area contributed by atoms with Crippen LogP contribution in [0.1, 0.15) is 5.56 Å². The summed E-state index contributed by atoms with van der Waals surface area (Å²) in [6.45, 7) is 1.11. The molecule has 1 aromatic rings. The molecule has 1 aliphatic rings. The van der Waals surface area contributed by atoms with Crippen molar-refractivity contribution in [2.75, 3.05) is 13.1 Å². The van der Waals surface area contributed by atoms with Crippen molar-refractivity contribution in [1.82, 2.24) is 10.6 Å². The summed E-state index contributed by atoms with van der Waals surface area (Å²) in [7, 11) is 0. The Hall–Kier alpha value is -1.06. The molecule has 1 saturated heterocycles. The molecule has 0 aromatic heterocycles. The summed E-state index contributed by atoms with van der Waals surface area (Å²) in [6, 6.07) is 8.13. The number of piperazine rings is 1. The summed E-state index contributed by atoms with van der Waals surface area (Å²) in [5, 5.41) is 6.78. The summed E-state index contributed by atoms with van der Waals surface area (Å²) in [6.07, 6.45) is 0.914. The van der Waals surface area contributed by atoms with Crippen molar-refractivity contribution in [3.05, 3.63) is 34.9 Å². The number of carbonyl (C=O) groups excluding carboxylic acids is 1. The van der Waals surface area contributed by atoms with Crippen LogP contribution in [-0.4, -0.2) is 25.0 Å². The van der Waals surface area contributed by atoms with Gasteiger partial charge >= 0.3 is 0 Å². The summed E-state index contributed by atoms with van der Waals surface area (Å²) in [4.78, 5) is 10.9. The molecular weight excluding hydrogens is 212 g/mol. The van der Waals surface area contributed by atoms with Crippen LogP contribution in [0, 0.1) is 0 Å². The van der Waals surface area contributed by atoms with Crippen molar-refractivity contribution in [2.45, 2.75) is 12.5 Å². The molecule has 0 radical (unpaired) electrons. The first-order chi connectivity index (χ1) is 7.24. The van der Waals surface area contributed by atoms with E-state index in [0.717, 1.165) is 11.4 Å². The Morgan fingerprint density at radius 3 is 2.67 bits per heavy atom. The van der Waals surface area contributed by atoms with Crippen LogP contribution in [-0.2, 0) is 11.2 Å². The number of halogens is 1. The normalized spacial score (nSPS) is 21.1. The SMILES string of the molecule is O=C1CN[C@@H](Cc2ccc(Cl)cc2)CN1. The molecule has 3 nitrogen and oxygen atoms in total. The lowest BCUT2D eigenvalue weighted by Gasteiger charge is -2.24. The lowest BCUT2D eigenvalue weighted by molar-refractivity contribution is -0.121. The summed E-state index contributed by atoms with van der Waals surface area (Å²) in [5.74, 6) is 0.0716. The zero-order chi connectivity index (χ0) is 10.7. The van der Waals surface area contributed by atoms with Crippen LogP contribution in [0.2, 0.25) is 5.02 Å². The summed E-state index contributed by atoms with van der Waals surface area (Å²) >= 11 is 5.80. The van der Waals surface area contributed by atoms with Crippen molar-refractivity contribution in [3.8, 4) is 0 Å². The molecule has 0 aliphatic carbocycles. The molecule has 1 heterocycles. The van der Waals surface area contributed by atoms with Crippen molar-refractivity contribution < 1.29 is 4.79 Å². The monoisotopic (exact) mass is 224 g/mol. The number of benzene rings is 1. The van der Waals surface area contributed by atoms with E-state index >= 15 is 0 Å². The third-order valence-electron chi connectivity index (χ3n) is 2.49. The fourth-order valence-corrected chi connectivity index (χ4v) is 1.78. The maximum Gasteiger partial charge on any atom is 0.234 e. The molecule has 2 N–H and O–H groups in total. The highest BCUT2D eigenvalue weighted by molar-refractivity contribution is 6.30. The third kappa shape index (κ3) is 2.94. The van der Waals surface area contributed by atoms with Crippen LogP contribution in [0.5, 0.6) is 0 Å². The minimum Gasteiger partial charge on any atom is -0.353 e. The maximum atomic E-state index is 10.9. The molecule has 1 aromatic carbocycles. The molecule has 0 bridgehead atoms. The minimum atomic E-state index is 0.0716. The van der Waals surface area contributed by atoms with Crippen LogP contribution in [0.25, 0.3) is 0 Å². The van der Waals surface area contributed by atoms with E-state index < -0.39 is 0 Å². The largest absolute Gasteiger partial charge is 0.353 e. The number of amides is 1. The second kappa shape index (κ2) is 4.64. The Morgan fingerprint density at radius 1 is 1.33 bits per heavy atom. The molecule has 1 atom stereocenters. The Kier molecular flexibility index (Phi) is 3.23. The molecule has 1 fully saturated rings. The number of hydrogen-bond donors (Lipinski definition) is 2. The first kappa shape index (κ1) is 10.5. The first-order valence-electron chi connectivity index (χ1n) is 4.98. The molecule has 0 saturated carbocycles. The summed E-state index contributed by atoms with van der Waals surface area (Å²) in [5.41, 5.74) is 1.23. The highest BCUT2D eigenvalue weighted by atomic mass is 35.5. The topological polar surface area (TPSA) is 41.1 Å². The van der Waals surface area contributed by atoms with Crippen LogP contribution in [0.3, 0.4) is 0 Å². The van der Waals surface area contributed by atoms with E-state index in [-0.39, 0.29) is 5.91 Å². The van der Waals surface area contributed by atoms with Gasteiger partial charge in [-0.2, -0.15) is 0 Å². The van der Waals surface area contributed by atoms with Gasteiger partial charge in [0.2, 0.25) is 5.91 Å².